The molecule has 1 heterocycles. The maximum absolute atomic E-state index is 10.8. The van der Waals surface area contributed by atoms with Gasteiger partial charge in [-0.05, 0) is 19.1 Å². The fraction of sp³-hybridized carbons (Fsp3) is 0.222. The molecule has 0 spiro atoms. The Bertz CT molecular complexity index is 259. The van der Waals surface area contributed by atoms with Crippen molar-refractivity contribution >= 4 is 5.97 Å². The van der Waals surface area contributed by atoms with Crippen LogP contribution in [0.15, 0.2) is 35.0 Å². The summed E-state index contributed by atoms with van der Waals surface area (Å²) in [4.78, 5) is 10.8. The summed E-state index contributed by atoms with van der Waals surface area (Å²) < 4.78 is 9.77. The van der Waals surface area contributed by atoms with E-state index in [-0.39, 0.29) is 12.6 Å². The highest BCUT2D eigenvalue weighted by atomic mass is 16.5. The van der Waals surface area contributed by atoms with Crippen molar-refractivity contribution in [3.05, 3.63) is 36.3 Å². The van der Waals surface area contributed by atoms with Crippen LogP contribution in [0.3, 0.4) is 0 Å². The van der Waals surface area contributed by atoms with Crippen molar-refractivity contribution in [2.45, 2.75) is 13.5 Å². The fourth-order valence-electron chi connectivity index (χ4n) is 0.721. The van der Waals surface area contributed by atoms with Gasteiger partial charge < -0.3 is 9.15 Å². The molecule has 0 aliphatic carbocycles. The zero-order chi connectivity index (χ0) is 8.81. The quantitative estimate of drug-likeness (QED) is 0.508. The van der Waals surface area contributed by atoms with Crippen LogP contribution < -0.4 is 0 Å². The van der Waals surface area contributed by atoms with E-state index in [4.69, 9.17) is 9.15 Å². The first kappa shape index (κ1) is 8.59. The average Bonchev–Trinajstić information content (AvgIpc) is 2.53. The highest BCUT2D eigenvalue weighted by molar-refractivity contribution is 5.81. The van der Waals surface area contributed by atoms with Crippen molar-refractivity contribution in [2.75, 3.05) is 0 Å². The Hall–Kier alpha value is -1.51. The van der Waals surface area contributed by atoms with Gasteiger partial charge in [0.15, 0.2) is 0 Å². The van der Waals surface area contributed by atoms with E-state index in [9.17, 15) is 4.79 Å². The molecule has 0 aliphatic rings. The number of allylic oxidation sites excluding steroid dienone is 1. The second-order valence-electron chi connectivity index (χ2n) is 2.19. The number of hydrogen-bond donors (Lipinski definition) is 0. The number of ether oxygens (including phenoxy) is 1. The van der Waals surface area contributed by atoms with Crippen LogP contribution in [0.2, 0.25) is 0 Å². The van der Waals surface area contributed by atoms with E-state index in [1.165, 1.54) is 6.08 Å². The van der Waals surface area contributed by atoms with E-state index >= 15 is 0 Å². The Kier molecular flexibility index (Phi) is 3.14. The lowest BCUT2D eigenvalue weighted by molar-refractivity contribution is -0.139. The van der Waals surface area contributed by atoms with E-state index in [2.05, 4.69) is 0 Å². The Morgan fingerprint density at radius 1 is 1.75 bits per heavy atom. The first-order chi connectivity index (χ1) is 5.83. The summed E-state index contributed by atoms with van der Waals surface area (Å²) in [5.41, 5.74) is 0. The molecule has 0 aliphatic heterocycles. The summed E-state index contributed by atoms with van der Waals surface area (Å²) in [5.74, 6) is 0.293. The Morgan fingerprint density at radius 3 is 3.17 bits per heavy atom. The van der Waals surface area contributed by atoms with Crippen molar-refractivity contribution in [2.24, 2.45) is 0 Å². The van der Waals surface area contributed by atoms with Crippen LogP contribution in [0.4, 0.5) is 0 Å². The van der Waals surface area contributed by atoms with E-state index in [1.54, 1.807) is 31.4 Å². The van der Waals surface area contributed by atoms with Crippen LogP contribution in [-0.4, -0.2) is 5.97 Å². The second-order valence-corrected chi connectivity index (χ2v) is 2.19. The Balaban J connectivity index is 2.31. The van der Waals surface area contributed by atoms with Crippen LogP contribution in [0.5, 0.6) is 0 Å². The van der Waals surface area contributed by atoms with E-state index in [0.29, 0.717) is 5.76 Å². The van der Waals surface area contributed by atoms with Crippen molar-refractivity contribution in [3.8, 4) is 0 Å². The number of rotatable bonds is 3. The predicted octanol–water partition coefficient (Wildman–Crippen LogP) is 1.90. The second kappa shape index (κ2) is 4.38. The first-order valence-electron chi connectivity index (χ1n) is 3.65. The average molecular weight is 166 g/mol. The number of hydrogen-bond acceptors (Lipinski definition) is 3. The number of furan rings is 1. The lowest BCUT2D eigenvalue weighted by Gasteiger charge is -1.96. The summed E-state index contributed by atoms with van der Waals surface area (Å²) >= 11 is 0. The van der Waals surface area contributed by atoms with E-state index in [0.717, 1.165) is 0 Å². The SMILES string of the molecule is CC=CC(=O)OCc1ccco1. The molecular formula is C9H10O3. The Morgan fingerprint density at radius 2 is 2.58 bits per heavy atom. The molecule has 0 amide bonds. The lowest BCUT2D eigenvalue weighted by Crippen LogP contribution is -1.99. The van der Waals surface area contributed by atoms with Gasteiger partial charge in [0.1, 0.15) is 12.4 Å². The zero-order valence-electron chi connectivity index (χ0n) is 6.82. The number of carbonyl (C=O) groups is 1. The summed E-state index contributed by atoms with van der Waals surface area (Å²) in [7, 11) is 0. The van der Waals surface area contributed by atoms with Gasteiger partial charge in [-0.15, -0.1) is 0 Å². The minimum atomic E-state index is -0.353. The van der Waals surface area contributed by atoms with Crippen LogP contribution in [0, 0.1) is 0 Å². The molecule has 0 atom stereocenters. The van der Waals surface area contributed by atoms with Gasteiger partial charge in [0.05, 0.1) is 6.26 Å². The molecule has 0 saturated carbocycles. The normalized spacial score (nSPS) is 10.4. The first-order valence-corrected chi connectivity index (χ1v) is 3.65. The third-order valence-corrected chi connectivity index (χ3v) is 1.24. The summed E-state index contributed by atoms with van der Waals surface area (Å²) in [6.07, 6.45) is 4.53. The molecule has 1 aromatic rings. The van der Waals surface area contributed by atoms with Crippen molar-refractivity contribution in [1.29, 1.82) is 0 Å². The third-order valence-electron chi connectivity index (χ3n) is 1.24. The summed E-state index contributed by atoms with van der Waals surface area (Å²) in [5, 5.41) is 0. The van der Waals surface area contributed by atoms with Gasteiger partial charge in [0.25, 0.3) is 0 Å². The third kappa shape index (κ3) is 2.62. The van der Waals surface area contributed by atoms with Crippen molar-refractivity contribution < 1.29 is 13.9 Å². The molecule has 12 heavy (non-hydrogen) atoms. The molecular weight excluding hydrogens is 156 g/mol. The molecule has 0 bridgehead atoms. The summed E-state index contributed by atoms with van der Waals surface area (Å²) in [6.45, 7) is 1.95. The van der Waals surface area contributed by atoms with Crippen LogP contribution in [-0.2, 0) is 16.1 Å². The topological polar surface area (TPSA) is 39.4 Å². The highest BCUT2D eigenvalue weighted by Gasteiger charge is 1.98. The minimum absolute atomic E-state index is 0.191. The number of esters is 1. The van der Waals surface area contributed by atoms with Gasteiger partial charge in [0, 0.05) is 6.08 Å². The van der Waals surface area contributed by atoms with Crippen molar-refractivity contribution in [3.63, 3.8) is 0 Å². The summed E-state index contributed by atoms with van der Waals surface area (Å²) in [6, 6.07) is 3.50. The van der Waals surface area contributed by atoms with Gasteiger partial charge in [-0.25, -0.2) is 4.79 Å². The van der Waals surface area contributed by atoms with Crippen molar-refractivity contribution in [1.82, 2.24) is 0 Å². The molecule has 3 heteroatoms. The van der Waals surface area contributed by atoms with Crippen LogP contribution in [0.25, 0.3) is 0 Å². The van der Waals surface area contributed by atoms with Crippen LogP contribution >= 0.6 is 0 Å². The van der Waals surface area contributed by atoms with Gasteiger partial charge in [-0.2, -0.15) is 0 Å². The molecule has 0 unspecified atom stereocenters. The van der Waals surface area contributed by atoms with Gasteiger partial charge in [0.2, 0.25) is 0 Å². The molecule has 64 valence electrons. The lowest BCUT2D eigenvalue weighted by atomic mass is 10.5. The standard InChI is InChI=1S/C9H10O3/c1-2-4-9(10)12-7-8-5-3-6-11-8/h2-6H,7H2,1H3. The molecule has 0 N–H and O–H groups in total. The molecule has 1 rings (SSSR count). The maximum atomic E-state index is 10.8. The predicted molar refractivity (Wildman–Crippen MR) is 43.3 cm³/mol. The number of carbonyl (C=O) groups excluding carboxylic acids is 1. The molecule has 0 saturated heterocycles. The molecule has 0 aromatic carbocycles. The van der Waals surface area contributed by atoms with Gasteiger partial charge in [-0.3, -0.25) is 0 Å². The van der Waals surface area contributed by atoms with E-state index in [1.807, 2.05) is 0 Å². The smallest absolute Gasteiger partial charge is 0.330 e. The molecule has 1 aromatic heterocycles. The zero-order valence-corrected chi connectivity index (χ0v) is 6.82. The van der Waals surface area contributed by atoms with Gasteiger partial charge in [-0.1, -0.05) is 6.08 Å². The monoisotopic (exact) mass is 166 g/mol. The molecule has 3 nitrogen and oxygen atoms in total. The highest BCUT2D eigenvalue weighted by Crippen LogP contribution is 2.01. The minimum Gasteiger partial charge on any atom is -0.466 e. The molecule has 0 radical (unpaired) electrons. The molecule has 0 fully saturated rings. The van der Waals surface area contributed by atoms with Crippen LogP contribution in [0.1, 0.15) is 12.7 Å². The van der Waals surface area contributed by atoms with E-state index < -0.39 is 0 Å². The fourth-order valence-corrected chi connectivity index (χ4v) is 0.721. The maximum Gasteiger partial charge on any atom is 0.330 e. The van der Waals surface area contributed by atoms with Gasteiger partial charge >= 0.3 is 5.97 Å². The largest absolute Gasteiger partial charge is 0.466 e. The Labute approximate surface area is 70.6 Å².